The van der Waals surface area contributed by atoms with Gasteiger partial charge in [-0.05, 0) is 0 Å². The van der Waals surface area contributed by atoms with Crippen molar-refractivity contribution in [2.24, 2.45) is 11.8 Å². The molecule has 1 fully saturated rings. The van der Waals surface area contributed by atoms with E-state index in [4.69, 9.17) is 7.85 Å². The molecule has 3 radical (unpaired) electrons. The first-order valence-corrected chi connectivity index (χ1v) is 3.47. The van der Waals surface area contributed by atoms with Gasteiger partial charge in [-0.15, -0.1) is 0 Å². The second-order valence-electron chi connectivity index (χ2n) is 3.11. The van der Waals surface area contributed by atoms with Gasteiger partial charge in [-0.25, -0.2) is 0 Å². The largest absolute Gasteiger partial charge is 1.00 e. The van der Waals surface area contributed by atoms with E-state index >= 15 is 0 Å². The molecular formula is C7H13BLi. The summed E-state index contributed by atoms with van der Waals surface area (Å²) in [5.74, 6) is 2.02. The van der Waals surface area contributed by atoms with Crippen LogP contribution in [0.15, 0.2) is 0 Å². The molecule has 9 heavy (non-hydrogen) atoms. The summed E-state index contributed by atoms with van der Waals surface area (Å²) in [4.78, 5) is 0. The third-order valence-corrected chi connectivity index (χ3v) is 2.39. The molecule has 0 aromatic carbocycles. The van der Waals surface area contributed by atoms with Crippen LogP contribution in [-0.4, -0.2) is 7.85 Å². The van der Waals surface area contributed by atoms with E-state index in [-0.39, 0.29) is 18.9 Å². The molecule has 0 nitrogen and oxygen atoms in total. The molecule has 1 saturated carbocycles. The zero-order chi connectivity index (χ0) is 6.15. The van der Waals surface area contributed by atoms with Crippen molar-refractivity contribution in [2.45, 2.75) is 32.5 Å². The van der Waals surface area contributed by atoms with Crippen molar-refractivity contribution in [3.63, 3.8) is 0 Å². The van der Waals surface area contributed by atoms with Crippen LogP contribution >= 0.6 is 0 Å². The van der Waals surface area contributed by atoms with Gasteiger partial charge in [0.15, 0.2) is 0 Å². The summed E-state index contributed by atoms with van der Waals surface area (Å²) in [5, 5.41) is 0. The van der Waals surface area contributed by atoms with E-state index in [0.29, 0.717) is 5.82 Å². The summed E-state index contributed by atoms with van der Waals surface area (Å²) in [5.41, 5.74) is 0. The van der Waals surface area contributed by atoms with E-state index in [2.05, 4.69) is 13.8 Å². The zero-order valence-electron chi connectivity index (χ0n) is 6.72. The van der Waals surface area contributed by atoms with E-state index in [9.17, 15) is 0 Å². The van der Waals surface area contributed by atoms with Crippen molar-refractivity contribution < 1.29 is 18.9 Å². The van der Waals surface area contributed by atoms with Crippen molar-refractivity contribution in [1.29, 1.82) is 0 Å². The molecule has 0 heterocycles. The molecule has 0 aromatic heterocycles. The summed E-state index contributed by atoms with van der Waals surface area (Å²) in [6, 6.07) is 0. The first-order chi connectivity index (χ1) is 3.72. The Labute approximate surface area is 71.4 Å². The van der Waals surface area contributed by atoms with Gasteiger partial charge in [0, 0.05) is 0 Å². The Balaban J connectivity index is 0.000000640. The van der Waals surface area contributed by atoms with Crippen LogP contribution < -0.4 is 18.9 Å². The maximum atomic E-state index is 5.82. The van der Waals surface area contributed by atoms with Gasteiger partial charge < -0.3 is 7.85 Å². The number of hydrogen-bond acceptors (Lipinski definition) is 0. The van der Waals surface area contributed by atoms with Crippen molar-refractivity contribution >= 4 is 7.85 Å². The van der Waals surface area contributed by atoms with Crippen molar-refractivity contribution in [2.75, 3.05) is 0 Å². The topological polar surface area (TPSA) is 0 Å². The second-order valence-corrected chi connectivity index (χ2v) is 3.11. The van der Waals surface area contributed by atoms with Crippen LogP contribution in [0.1, 0.15) is 26.7 Å². The number of rotatable bonds is 0. The number of hydrogen-bond donors (Lipinski definition) is 0. The zero-order valence-corrected chi connectivity index (χ0v) is 6.72. The molecule has 2 heteroatoms. The van der Waals surface area contributed by atoms with Crippen molar-refractivity contribution in [3.05, 3.63) is 0 Å². The summed E-state index contributed by atoms with van der Waals surface area (Å²) in [6.07, 6.45) is 2.67. The molecule has 0 aromatic rings. The molecule has 45 valence electrons. The molecule has 0 N–H and O–H groups in total. The Bertz CT molecular complexity index is 75.0. The Morgan fingerprint density at radius 1 is 1.11 bits per heavy atom. The Morgan fingerprint density at radius 2 is 1.44 bits per heavy atom. The molecule has 1 rings (SSSR count). The molecule has 0 saturated heterocycles. The minimum absolute atomic E-state index is 0. The minimum Gasteiger partial charge on any atom is -0.621 e. The smallest absolute Gasteiger partial charge is 0.621 e. The molecule has 0 bridgehead atoms. The third-order valence-electron chi connectivity index (χ3n) is 2.39. The predicted molar refractivity (Wildman–Crippen MR) is 37.1 cm³/mol. The molecule has 0 aliphatic heterocycles. The summed E-state index contributed by atoms with van der Waals surface area (Å²) in [7, 11) is 5.82. The first-order valence-electron chi connectivity index (χ1n) is 3.47. The van der Waals surface area contributed by atoms with Crippen LogP contribution in [-0.2, 0) is 0 Å². The van der Waals surface area contributed by atoms with Crippen LogP contribution in [0, 0.1) is 11.8 Å². The quantitative estimate of drug-likeness (QED) is 0.355. The van der Waals surface area contributed by atoms with Crippen LogP contribution in [0.25, 0.3) is 0 Å². The molecule has 1 aliphatic rings. The summed E-state index contributed by atoms with van der Waals surface area (Å²) in [6.45, 7) is 4.49. The van der Waals surface area contributed by atoms with Crippen LogP contribution in [0.4, 0.5) is 0 Å². The third kappa shape index (κ3) is 2.06. The van der Waals surface area contributed by atoms with Crippen molar-refractivity contribution in [3.8, 4) is 0 Å². The van der Waals surface area contributed by atoms with Gasteiger partial charge in [-0.3, -0.25) is 5.82 Å². The molecular weight excluding hydrogens is 102 g/mol. The second kappa shape index (κ2) is 3.74. The van der Waals surface area contributed by atoms with E-state index in [1.54, 1.807) is 0 Å². The van der Waals surface area contributed by atoms with Crippen LogP contribution in [0.2, 0.25) is 5.82 Å². The summed E-state index contributed by atoms with van der Waals surface area (Å²) >= 11 is 0. The normalized spacial score (nSPS) is 36.3. The fourth-order valence-electron chi connectivity index (χ4n) is 1.47. The summed E-state index contributed by atoms with van der Waals surface area (Å²) < 4.78 is 0. The minimum atomic E-state index is 0. The van der Waals surface area contributed by atoms with Crippen molar-refractivity contribution in [1.82, 2.24) is 0 Å². The molecule has 2 atom stereocenters. The van der Waals surface area contributed by atoms with Crippen LogP contribution in [0.5, 0.6) is 0 Å². The van der Waals surface area contributed by atoms with Gasteiger partial charge in [-0.1, -0.05) is 38.5 Å². The Kier molecular flexibility index (Phi) is 4.01. The van der Waals surface area contributed by atoms with Gasteiger partial charge in [-0.2, -0.15) is 0 Å². The standard InChI is InChI=1S/C7H13B.Li/c1-5-3-4-6(2)7(5)8;/h5-7H,3-4H2,1-2H3;/q-1;+1/t5-,6-;/m0./s1. The van der Waals surface area contributed by atoms with E-state index in [1.165, 1.54) is 12.8 Å². The predicted octanol–water partition coefficient (Wildman–Crippen LogP) is -0.987. The van der Waals surface area contributed by atoms with E-state index < -0.39 is 0 Å². The fourth-order valence-corrected chi connectivity index (χ4v) is 1.47. The SMILES string of the molecule is [B-]C1[C@@H](C)CC[C@@H]1C.[Li+]. The van der Waals surface area contributed by atoms with E-state index in [0.717, 1.165) is 11.8 Å². The molecule has 0 amide bonds. The monoisotopic (exact) mass is 115 g/mol. The van der Waals surface area contributed by atoms with Gasteiger partial charge in [0.2, 0.25) is 0 Å². The average molecular weight is 115 g/mol. The molecule has 0 spiro atoms. The van der Waals surface area contributed by atoms with Crippen LogP contribution in [0.3, 0.4) is 0 Å². The van der Waals surface area contributed by atoms with Gasteiger partial charge in [0.1, 0.15) is 0 Å². The molecule has 1 aliphatic carbocycles. The average Bonchev–Trinajstić information content (AvgIpc) is 1.98. The Hall–Kier alpha value is 0.662. The van der Waals surface area contributed by atoms with Gasteiger partial charge >= 0.3 is 18.9 Å². The molecule has 0 unspecified atom stereocenters. The maximum absolute atomic E-state index is 5.82. The maximum Gasteiger partial charge on any atom is 1.00 e. The Morgan fingerprint density at radius 3 is 1.56 bits per heavy atom. The first kappa shape index (κ1) is 9.66. The fraction of sp³-hybridized carbons (Fsp3) is 1.00. The van der Waals surface area contributed by atoms with Gasteiger partial charge in [0.05, 0.1) is 0 Å². The van der Waals surface area contributed by atoms with E-state index in [1.807, 2.05) is 0 Å². The van der Waals surface area contributed by atoms with Gasteiger partial charge in [0.25, 0.3) is 0 Å².